The lowest BCUT2D eigenvalue weighted by Crippen LogP contribution is -1.96. The van der Waals surface area contributed by atoms with Gasteiger partial charge in [0.05, 0.1) is 6.21 Å². The second-order valence-electron chi connectivity index (χ2n) is 6.66. The molecule has 0 aliphatic carbocycles. The van der Waals surface area contributed by atoms with Gasteiger partial charge in [0, 0.05) is 34.5 Å². The predicted molar refractivity (Wildman–Crippen MR) is 119 cm³/mol. The first kappa shape index (κ1) is 17.5. The Kier molecular flexibility index (Phi) is 4.29. The quantitative estimate of drug-likeness (QED) is 0.342. The lowest BCUT2D eigenvalue weighted by molar-refractivity contribution is 0.827. The fourth-order valence-electron chi connectivity index (χ4n) is 3.68. The standard InChI is InChI=1S/C22H18N6S/c1-2-27-19-9-4-3-7-16(19)17-13-15(10-11-20(17)27)14-24-28-21(25-26-22(28)29)18-8-5-6-12-23-18/h3-14H,2H2,1H3,(H,26,29)/b24-14-. The second kappa shape index (κ2) is 7.10. The molecule has 0 aliphatic rings. The van der Waals surface area contributed by atoms with Crippen LogP contribution < -0.4 is 0 Å². The van der Waals surface area contributed by atoms with E-state index in [0.29, 0.717) is 16.3 Å². The molecular weight excluding hydrogens is 380 g/mol. The first-order valence-corrected chi connectivity index (χ1v) is 9.81. The molecule has 0 bridgehead atoms. The SMILES string of the molecule is CCn1c2ccccc2c2cc(/C=N\n3c(-c4ccccn4)n[nH]c3=S)ccc21. The molecule has 0 saturated heterocycles. The first-order chi connectivity index (χ1) is 14.3. The van der Waals surface area contributed by atoms with E-state index in [0.717, 1.165) is 12.1 Å². The topological polar surface area (TPSA) is 63.8 Å². The number of para-hydroxylation sites is 1. The molecule has 142 valence electrons. The van der Waals surface area contributed by atoms with Crippen molar-refractivity contribution in [1.82, 2.24) is 24.4 Å². The molecule has 0 amide bonds. The van der Waals surface area contributed by atoms with Gasteiger partial charge >= 0.3 is 0 Å². The monoisotopic (exact) mass is 398 g/mol. The highest BCUT2D eigenvalue weighted by Gasteiger charge is 2.10. The molecule has 0 radical (unpaired) electrons. The van der Waals surface area contributed by atoms with Crippen LogP contribution in [0.4, 0.5) is 0 Å². The van der Waals surface area contributed by atoms with Crippen molar-refractivity contribution in [3.8, 4) is 11.5 Å². The van der Waals surface area contributed by atoms with Gasteiger partial charge < -0.3 is 4.57 Å². The number of H-pyrrole nitrogens is 1. The zero-order valence-corrected chi connectivity index (χ0v) is 16.6. The zero-order valence-electron chi connectivity index (χ0n) is 15.8. The summed E-state index contributed by atoms with van der Waals surface area (Å²) in [6, 6.07) is 20.5. The van der Waals surface area contributed by atoms with Crippen molar-refractivity contribution in [3.05, 3.63) is 77.2 Å². The van der Waals surface area contributed by atoms with Crippen LogP contribution >= 0.6 is 12.2 Å². The number of pyridine rings is 1. The summed E-state index contributed by atoms with van der Waals surface area (Å²) < 4.78 is 4.35. The van der Waals surface area contributed by atoms with Crippen LogP contribution in [0, 0.1) is 4.77 Å². The van der Waals surface area contributed by atoms with E-state index in [1.807, 2.05) is 18.2 Å². The molecule has 0 spiro atoms. The van der Waals surface area contributed by atoms with Crippen molar-refractivity contribution in [3.63, 3.8) is 0 Å². The van der Waals surface area contributed by atoms with Crippen LogP contribution in [-0.2, 0) is 6.54 Å². The molecule has 29 heavy (non-hydrogen) atoms. The van der Waals surface area contributed by atoms with Crippen molar-refractivity contribution < 1.29 is 0 Å². The molecule has 0 saturated carbocycles. The minimum absolute atomic E-state index is 0.422. The molecule has 5 aromatic rings. The highest BCUT2D eigenvalue weighted by molar-refractivity contribution is 7.71. The Bertz CT molecular complexity index is 1410. The van der Waals surface area contributed by atoms with Crippen molar-refractivity contribution in [2.45, 2.75) is 13.5 Å². The summed E-state index contributed by atoms with van der Waals surface area (Å²) in [5, 5.41) is 14.1. The van der Waals surface area contributed by atoms with Gasteiger partial charge in [0.25, 0.3) is 0 Å². The number of aromatic amines is 1. The molecule has 0 atom stereocenters. The average molecular weight is 398 g/mol. The van der Waals surface area contributed by atoms with Crippen molar-refractivity contribution >= 4 is 40.2 Å². The fraction of sp³-hybridized carbons (Fsp3) is 0.0909. The number of nitrogens with one attached hydrogen (secondary N) is 1. The molecule has 5 rings (SSSR count). The molecular formula is C22H18N6S. The van der Waals surface area contributed by atoms with E-state index in [2.05, 4.69) is 74.2 Å². The van der Waals surface area contributed by atoms with E-state index < -0.39 is 0 Å². The van der Waals surface area contributed by atoms with Gasteiger partial charge in [-0.25, -0.2) is 5.10 Å². The minimum atomic E-state index is 0.422. The van der Waals surface area contributed by atoms with Crippen molar-refractivity contribution in [2.24, 2.45) is 5.10 Å². The largest absolute Gasteiger partial charge is 0.341 e. The van der Waals surface area contributed by atoms with Crippen LogP contribution in [0.15, 0.2) is 72.0 Å². The van der Waals surface area contributed by atoms with E-state index in [4.69, 9.17) is 12.2 Å². The van der Waals surface area contributed by atoms with Gasteiger partial charge in [-0.3, -0.25) is 4.98 Å². The number of hydrogen-bond donors (Lipinski definition) is 1. The minimum Gasteiger partial charge on any atom is -0.341 e. The summed E-state index contributed by atoms with van der Waals surface area (Å²) in [6.45, 7) is 3.09. The molecule has 0 aliphatic heterocycles. The Hall–Kier alpha value is -3.58. The summed E-state index contributed by atoms with van der Waals surface area (Å²) in [7, 11) is 0. The lowest BCUT2D eigenvalue weighted by Gasteiger charge is -2.03. The third kappa shape index (κ3) is 2.96. The Morgan fingerprint density at radius 2 is 1.86 bits per heavy atom. The summed E-state index contributed by atoms with van der Waals surface area (Å²) >= 11 is 5.35. The highest BCUT2D eigenvalue weighted by Crippen LogP contribution is 2.29. The van der Waals surface area contributed by atoms with Gasteiger partial charge in [0.15, 0.2) is 0 Å². The van der Waals surface area contributed by atoms with Gasteiger partial charge in [0.1, 0.15) is 5.69 Å². The van der Waals surface area contributed by atoms with E-state index in [1.165, 1.54) is 21.8 Å². The number of aryl methyl sites for hydroxylation is 1. The lowest BCUT2D eigenvalue weighted by atomic mass is 10.1. The van der Waals surface area contributed by atoms with Crippen LogP contribution in [0.3, 0.4) is 0 Å². The van der Waals surface area contributed by atoms with Crippen LogP contribution in [0.1, 0.15) is 12.5 Å². The predicted octanol–water partition coefficient (Wildman–Crippen LogP) is 5.01. The molecule has 3 heterocycles. The average Bonchev–Trinajstić information content (AvgIpc) is 3.30. The van der Waals surface area contributed by atoms with E-state index in [9.17, 15) is 0 Å². The number of aromatic nitrogens is 5. The smallest absolute Gasteiger partial charge is 0.216 e. The zero-order chi connectivity index (χ0) is 19.8. The summed E-state index contributed by atoms with van der Waals surface area (Å²) in [4.78, 5) is 4.34. The maximum Gasteiger partial charge on any atom is 0.216 e. The van der Waals surface area contributed by atoms with Crippen LogP contribution in [0.5, 0.6) is 0 Å². The maximum absolute atomic E-state index is 5.35. The Morgan fingerprint density at radius 3 is 2.69 bits per heavy atom. The van der Waals surface area contributed by atoms with Crippen molar-refractivity contribution in [1.29, 1.82) is 0 Å². The normalized spacial score (nSPS) is 11.8. The molecule has 0 fully saturated rings. The Balaban J connectivity index is 1.60. The summed E-state index contributed by atoms with van der Waals surface area (Å²) in [5.41, 5.74) is 4.17. The third-order valence-corrected chi connectivity index (χ3v) is 5.24. The van der Waals surface area contributed by atoms with Gasteiger partial charge in [-0.05, 0) is 55.0 Å². The summed E-state index contributed by atoms with van der Waals surface area (Å²) in [5.74, 6) is 0.579. The highest BCUT2D eigenvalue weighted by atomic mass is 32.1. The van der Waals surface area contributed by atoms with E-state index in [-0.39, 0.29) is 0 Å². The molecule has 1 N–H and O–H groups in total. The Labute approximate surface area is 172 Å². The number of hydrogen-bond acceptors (Lipinski definition) is 4. The van der Waals surface area contributed by atoms with Gasteiger partial charge in [0.2, 0.25) is 10.6 Å². The number of benzene rings is 2. The fourth-order valence-corrected chi connectivity index (χ4v) is 3.86. The first-order valence-electron chi connectivity index (χ1n) is 9.40. The summed E-state index contributed by atoms with van der Waals surface area (Å²) in [6.07, 6.45) is 3.52. The third-order valence-electron chi connectivity index (χ3n) is 4.98. The van der Waals surface area contributed by atoms with Crippen LogP contribution in [0.25, 0.3) is 33.3 Å². The maximum atomic E-state index is 5.35. The van der Waals surface area contributed by atoms with E-state index >= 15 is 0 Å². The number of nitrogens with zero attached hydrogens (tertiary/aromatic N) is 5. The van der Waals surface area contributed by atoms with Gasteiger partial charge in [-0.1, -0.05) is 30.3 Å². The number of fused-ring (bicyclic) bond motifs is 3. The number of rotatable bonds is 4. The van der Waals surface area contributed by atoms with Crippen LogP contribution in [0.2, 0.25) is 0 Å². The van der Waals surface area contributed by atoms with E-state index in [1.54, 1.807) is 17.1 Å². The molecule has 2 aromatic carbocycles. The Morgan fingerprint density at radius 1 is 1.03 bits per heavy atom. The second-order valence-corrected chi connectivity index (χ2v) is 7.05. The van der Waals surface area contributed by atoms with Gasteiger partial charge in [-0.2, -0.15) is 14.9 Å². The molecule has 3 aromatic heterocycles. The molecule has 0 unspecified atom stereocenters. The van der Waals surface area contributed by atoms with Crippen molar-refractivity contribution in [2.75, 3.05) is 0 Å². The molecule has 6 nitrogen and oxygen atoms in total. The van der Waals surface area contributed by atoms with Crippen LogP contribution in [-0.4, -0.2) is 30.6 Å². The van der Waals surface area contributed by atoms with Gasteiger partial charge in [-0.15, -0.1) is 0 Å². The molecule has 7 heteroatoms.